The molecule has 0 radical (unpaired) electrons. The van der Waals surface area contributed by atoms with Gasteiger partial charge in [0.05, 0.1) is 7.11 Å². The molecular weight excluding hydrogens is 273 g/mol. The molecule has 0 aliphatic carbocycles. The minimum Gasteiger partial charge on any atom is -0.497 e. The lowest BCUT2D eigenvalue weighted by atomic mass is 9.99. The van der Waals surface area contributed by atoms with E-state index in [4.69, 9.17) is 10.5 Å². The third-order valence-corrected chi connectivity index (χ3v) is 5.05. The molecule has 0 amide bonds. The molecule has 104 valence electrons. The van der Waals surface area contributed by atoms with Gasteiger partial charge in [-0.25, -0.2) is 4.39 Å². The molecule has 0 bridgehead atoms. The van der Waals surface area contributed by atoms with Crippen LogP contribution in [0.5, 0.6) is 5.75 Å². The average Bonchev–Trinajstić information content (AvgIpc) is 2.90. The topological polar surface area (TPSA) is 35.2 Å². The average molecular weight is 289 g/mol. The summed E-state index contributed by atoms with van der Waals surface area (Å²) in [7, 11) is 1.53. The van der Waals surface area contributed by atoms with Crippen molar-refractivity contribution >= 4 is 11.8 Å². The maximum atomic E-state index is 14.1. The summed E-state index contributed by atoms with van der Waals surface area (Å²) in [5.74, 6) is 0.217. The summed E-state index contributed by atoms with van der Waals surface area (Å²) >= 11 is 1.73. The fraction of sp³-hybridized carbons (Fsp3) is 0.250. The number of rotatable bonds is 3. The van der Waals surface area contributed by atoms with Crippen molar-refractivity contribution in [2.45, 2.75) is 22.6 Å². The Morgan fingerprint density at radius 2 is 2.10 bits per heavy atom. The monoisotopic (exact) mass is 289 g/mol. The van der Waals surface area contributed by atoms with Gasteiger partial charge in [-0.3, -0.25) is 0 Å². The Morgan fingerprint density at radius 3 is 2.80 bits per heavy atom. The van der Waals surface area contributed by atoms with Crippen molar-refractivity contribution in [1.29, 1.82) is 0 Å². The predicted octanol–water partition coefficient (Wildman–Crippen LogP) is 3.55. The zero-order valence-corrected chi connectivity index (χ0v) is 12.0. The van der Waals surface area contributed by atoms with Gasteiger partial charge in [-0.15, -0.1) is 11.8 Å². The van der Waals surface area contributed by atoms with Gasteiger partial charge >= 0.3 is 0 Å². The highest BCUT2D eigenvalue weighted by Gasteiger charge is 2.29. The van der Waals surface area contributed by atoms with E-state index in [0.717, 1.165) is 6.42 Å². The summed E-state index contributed by atoms with van der Waals surface area (Å²) in [5.41, 5.74) is 8.12. The highest BCUT2D eigenvalue weighted by molar-refractivity contribution is 8.00. The van der Waals surface area contributed by atoms with Crippen LogP contribution in [0, 0.1) is 5.82 Å². The first-order valence-electron chi connectivity index (χ1n) is 6.52. The molecule has 20 heavy (non-hydrogen) atoms. The molecule has 2 N–H and O–H groups in total. The Bertz CT molecular complexity index is 607. The minimum atomic E-state index is -0.321. The summed E-state index contributed by atoms with van der Waals surface area (Å²) in [6.07, 6.45) is 0.882. The van der Waals surface area contributed by atoms with Gasteiger partial charge < -0.3 is 10.5 Å². The van der Waals surface area contributed by atoms with Crippen molar-refractivity contribution in [3.63, 3.8) is 0 Å². The third kappa shape index (κ3) is 2.41. The number of nitrogens with two attached hydrogens (primary N) is 1. The van der Waals surface area contributed by atoms with Crippen molar-refractivity contribution in [1.82, 2.24) is 0 Å². The van der Waals surface area contributed by atoms with Crippen LogP contribution in [0.4, 0.5) is 4.39 Å². The van der Waals surface area contributed by atoms with Crippen LogP contribution in [0.15, 0.2) is 47.4 Å². The highest BCUT2D eigenvalue weighted by Crippen LogP contribution is 2.42. The van der Waals surface area contributed by atoms with Crippen LogP contribution in [0.2, 0.25) is 0 Å². The van der Waals surface area contributed by atoms with E-state index >= 15 is 0 Å². The third-order valence-electron chi connectivity index (χ3n) is 3.64. The fourth-order valence-electron chi connectivity index (χ4n) is 2.51. The molecule has 1 aliphatic rings. The molecule has 2 atom stereocenters. The van der Waals surface area contributed by atoms with E-state index in [2.05, 4.69) is 12.1 Å². The first kappa shape index (κ1) is 13.5. The molecule has 4 heteroatoms. The van der Waals surface area contributed by atoms with Gasteiger partial charge in [-0.1, -0.05) is 24.3 Å². The maximum Gasteiger partial charge on any atom is 0.131 e. The van der Waals surface area contributed by atoms with Crippen molar-refractivity contribution in [3.05, 3.63) is 59.4 Å². The number of fused-ring (bicyclic) bond motifs is 1. The number of methoxy groups -OCH3 is 1. The van der Waals surface area contributed by atoms with Gasteiger partial charge in [0.25, 0.3) is 0 Å². The summed E-state index contributed by atoms with van der Waals surface area (Å²) in [6, 6.07) is 12.8. The second-order valence-corrected chi connectivity index (χ2v) is 6.16. The first-order chi connectivity index (χ1) is 9.69. The molecule has 1 aliphatic heterocycles. The van der Waals surface area contributed by atoms with Crippen molar-refractivity contribution in [2.75, 3.05) is 7.11 Å². The summed E-state index contributed by atoms with van der Waals surface area (Å²) in [5, 5.41) is 0.176. The molecule has 3 rings (SSSR count). The van der Waals surface area contributed by atoms with E-state index in [9.17, 15) is 4.39 Å². The molecule has 1 heterocycles. The molecule has 0 aromatic heterocycles. The second kappa shape index (κ2) is 5.46. The van der Waals surface area contributed by atoms with Gasteiger partial charge in [0.15, 0.2) is 0 Å². The van der Waals surface area contributed by atoms with Crippen LogP contribution in [-0.4, -0.2) is 12.4 Å². The van der Waals surface area contributed by atoms with Crippen LogP contribution < -0.4 is 10.5 Å². The molecule has 0 saturated heterocycles. The number of thioether (sulfide) groups is 1. The normalized spacial score (nSPS) is 18.6. The van der Waals surface area contributed by atoms with E-state index in [0.29, 0.717) is 11.3 Å². The molecule has 0 fully saturated rings. The van der Waals surface area contributed by atoms with E-state index in [1.165, 1.54) is 23.6 Å². The van der Waals surface area contributed by atoms with Crippen molar-refractivity contribution in [2.24, 2.45) is 5.73 Å². The zero-order valence-electron chi connectivity index (χ0n) is 11.2. The Morgan fingerprint density at radius 1 is 1.30 bits per heavy atom. The van der Waals surface area contributed by atoms with E-state index < -0.39 is 0 Å². The quantitative estimate of drug-likeness (QED) is 0.938. The summed E-state index contributed by atoms with van der Waals surface area (Å²) < 4.78 is 19.1. The van der Waals surface area contributed by atoms with Gasteiger partial charge in [0.1, 0.15) is 11.6 Å². The van der Waals surface area contributed by atoms with Crippen molar-refractivity contribution in [3.8, 4) is 5.75 Å². The lowest BCUT2D eigenvalue weighted by Gasteiger charge is -2.19. The number of hydrogen-bond acceptors (Lipinski definition) is 3. The van der Waals surface area contributed by atoms with E-state index in [1.54, 1.807) is 23.9 Å². The largest absolute Gasteiger partial charge is 0.497 e. The van der Waals surface area contributed by atoms with E-state index in [1.807, 2.05) is 12.1 Å². The molecular formula is C16H16FNOS. The zero-order chi connectivity index (χ0) is 14.1. The van der Waals surface area contributed by atoms with Crippen LogP contribution in [-0.2, 0) is 6.42 Å². The Balaban J connectivity index is 1.82. The molecule has 2 unspecified atom stereocenters. The van der Waals surface area contributed by atoms with Gasteiger partial charge in [-0.2, -0.15) is 0 Å². The van der Waals surface area contributed by atoms with Crippen LogP contribution in [0.3, 0.4) is 0 Å². The predicted molar refractivity (Wildman–Crippen MR) is 79.7 cm³/mol. The molecule has 2 nitrogen and oxygen atoms in total. The first-order valence-corrected chi connectivity index (χ1v) is 7.40. The van der Waals surface area contributed by atoms with Crippen LogP contribution in [0.25, 0.3) is 0 Å². The summed E-state index contributed by atoms with van der Waals surface area (Å²) in [4.78, 5) is 1.25. The number of benzene rings is 2. The Labute approximate surface area is 122 Å². The molecule has 0 saturated carbocycles. The van der Waals surface area contributed by atoms with E-state index in [-0.39, 0.29) is 17.1 Å². The highest BCUT2D eigenvalue weighted by atomic mass is 32.2. The van der Waals surface area contributed by atoms with Gasteiger partial charge in [-0.05, 0) is 24.1 Å². The Kier molecular flexibility index (Phi) is 3.68. The summed E-state index contributed by atoms with van der Waals surface area (Å²) in [6.45, 7) is 0. The maximum absolute atomic E-state index is 14.1. The minimum absolute atomic E-state index is 0.176. The second-order valence-electron chi connectivity index (χ2n) is 4.88. The number of ether oxygens (including phenoxy) is 1. The molecule has 0 spiro atoms. The molecule has 2 aromatic rings. The lowest BCUT2D eigenvalue weighted by Crippen LogP contribution is -2.24. The van der Waals surface area contributed by atoms with Crippen molar-refractivity contribution < 1.29 is 9.13 Å². The Hall–Kier alpha value is -1.52. The van der Waals surface area contributed by atoms with Gasteiger partial charge in [0.2, 0.25) is 0 Å². The SMILES string of the molecule is COc1ccc(C(N)C2Cc3ccccc3S2)c(F)c1. The smallest absolute Gasteiger partial charge is 0.131 e. The molecule has 2 aromatic carbocycles. The number of hydrogen-bond donors (Lipinski definition) is 1. The van der Waals surface area contributed by atoms with Crippen LogP contribution >= 0.6 is 11.8 Å². The standard InChI is InChI=1S/C16H16FNOS/c1-19-11-6-7-12(13(17)9-11)16(18)15-8-10-4-2-3-5-14(10)20-15/h2-7,9,15-16H,8,18H2,1H3. The lowest BCUT2D eigenvalue weighted by molar-refractivity contribution is 0.410. The van der Waals surface area contributed by atoms with Gasteiger partial charge in [0, 0.05) is 27.8 Å². The number of halogens is 1. The van der Waals surface area contributed by atoms with Crippen LogP contribution in [0.1, 0.15) is 17.2 Å². The fourth-order valence-corrected chi connectivity index (χ4v) is 3.86.